The highest BCUT2D eigenvalue weighted by molar-refractivity contribution is 9.09. The van der Waals surface area contributed by atoms with Gasteiger partial charge >= 0.3 is 0 Å². The highest BCUT2D eigenvalue weighted by atomic mass is 79.9. The number of alkyl halides is 3. The van der Waals surface area contributed by atoms with Crippen LogP contribution in [0.5, 0.6) is 0 Å². The Morgan fingerprint density at radius 3 is 1.73 bits per heavy atom. The van der Waals surface area contributed by atoms with Gasteiger partial charge in [-0.3, -0.25) is 0 Å². The van der Waals surface area contributed by atoms with Gasteiger partial charge in [-0.1, -0.05) is 31.9 Å². The van der Waals surface area contributed by atoms with Crippen LogP contribution in [0.4, 0.5) is 0 Å². The molecule has 0 amide bonds. The molecule has 0 aliphatic rings. The molecular formula is C8H14Br2Cl. The summed E-state index contributed by atoms with van der Waals surface area (Å²) in [4.78, 5) is 0. The molecule has 0 nitrogen and oxygen atoms in total. The molecule has 0 fully saturated rings. The molecule has 0 rings (SSSR count). The summed E-state index contributed by atoms with van der Waals surface area (Å²) in [6.07, 6.45) is 4.79. The fourth-order valence-corrected chi connectivity index (χ4v) is 1.72. The molecule has 11 heavy (non-hydrogen) atoms. The lowest BCUT2D eigenvalue weighted by atomic mass is 10.0. The van der Waals surface area contributed by atoms with Crippen LogP contribution in [-0.4, -0.2) is 16.5 Å². The van der Waals surface area contributed by atoms with Gasteiger partial charge in [-0.05, 0) is 31.6 Å². The van der Waals surface area contributed by atoms with Crippen LogP contribution >= 0.6 is 43.5 Å². The summed E-state index contributed by atoms with van der Waals surface area (Å²) < 4.78 is 0. The molecule has 1 radical (unpaired) electrons. The molecule has 0 unspecified atom stereocenters. The highest BCUT2D eigenvalue weighted by Crippen LogP contribution is 2.18. The molecule has 0 aliphatic carbocycles. The van der Waals surface area contributed by atoms with Crippen molar-refractivity contribution >= 4 is 43.5 Å². The van der Waals surface area contributed by atoms with Gasteiger partial charge in [-0.2, -0.15) is 0 Å². The van der Waals surface area contributed by atoms with Crippen molar-refractivity contribution in [3.8, 4) is 0 Å². The zero-order valence-electron chi connectivity index (χ0n) is 6.58. The normalized spacial score (nSPS) is 10.9. The summed E-state index contributed by atoms with van der Waals surface area (Å²) in [6.45, 7) is 0. The second-order valence-electron chi connectivity index (χ2n) is 2.47. The van der Waals surface area contributed by atoms with Crippen LogP contribution in [0.2, 0.25) is 0 Å². The molecule has 0 spiro atoms. The third-order valence-corrected chi connectivity index (χ3v) is 3.02. The van der Waals surface area contributed by atoms with Gasteiger partial charge in [0, 0.05) is 16.5 Å². The number of hydrogen-bond donors (Lipinski definition) is 0. The minimum absolute atomic E-state index is 0.736. The smallest absolute Gasteiger partial charge is 0.0285 e. The minimum atomic E-state index is 0.736. The van der Waals surface area contributed by atoms with Crippen molar-refractivity contribution in [1.29, 1.82) is 0 Å². The van der Waals surface area contributed by atoms with Crippen LogP contribution in [0.25, 0.3) is 0 Å². The Morgan fingerprint density at radius 1 is 1.00 bits per heavy atom. The molecule has 0 heterocycles. The van der Waals surface area contributed by atoms with Crippen molar-refractivity contribution < 1.29 is 0 Å². The Hall–Kier alpha value is 1.25. The summed E-state index contributed by atoms with van der Waals surface area (Å²) in [5.41, 5.74) is 0. The summed E-state index contributed by atoms with van der Waals surface area (Å²) >= 11 is 12.6. The van der Waals surface area contributed by atoms with Gasteiger partial charge in [0.15, 0.2) is 0 Å². The zero-order chi connectivity index (χ0) is 8.53. The molecule has 67 valence electrons. The van der Waals surface area contributed by atoms with Gasteiger partial charge < -0.3 is 0 Å². The SMILES string of the molecule is ClC[C](CCCBr)CCCBr. The molecule has 0 N–H and O–H groups in total. The van der Waals surface area contributed by atoms with E-state index in [-0.39, 0.29) is 0 Å². The van der Waals surface area contributed by atoms with Crippen LogP contribution in [0.3, 0.4) is 0 Å². The van der Waals surface area contributed by atoms with E-state index < -0.39 is 0 Å². The lowest BCUT2D eigenvalue weighted by Gasteiger charge is -2.10. The van der Waals surface area contributed by atoms with Crippen molar-refractivity contribution in [1.82, 2.24) is 0 Å². The standard InChI is InChI=1S/C8H14Br2Cl/c9-5-1-3-8(7-11)4-2-6-10/h1-7H2. The topological polar surface area (TPSA) is 0 Å². The maximum atomic E-state index is 5.77. The number of halogens is 3. The van der Waals surface area contributed by atoms with E-state index in [2.05, 4.69) is 31.9 Å². The van der Waals surface area contributed by atoms with Gasteiger partial charge in [-0.25, -0.2) is 0 Å². The highest BCUT2D eigenvalue weighted by Gasteiger charge is 2.06. The third-order valence-electron chi connectivity index (χ3n) is 1.52. The first kappa shape index (κ1) is 12.2. The van der Waals surface area contributed by atoms with Crippen LogP contribution in [0.15, 0.2) is 0 Å². The summed E-state index contributed by atoms with van der Waals surface area (Å²) in [6, 6.07) is 0. The van der Waals surface area contributed by atoms with Gasteiger partial charge in [0.05, 0.1) is 0 Å². The number of hydrogen-bond acceptors (Lipinski definition) is 0. The molecule has 0 atom stereocenters. The van der Waals surface area contributed by atoms with Crippen LogP contribution < -0.4 is 0 Å². The van der Waals surface area contributed by atoms with Crippen molar-refractivity contribution in [2.75, 3.05) is 16.5 Å². The predicted octanol–water partition coefficient (Wildman–Crippen LogP) is 4.15. The Morgan fingerprint density at radius 2 is 1.45 bits per heavy atom. The molecule has 3 heteroatoms. The Labute approximate surface area is 91.3 Å². The lowest BCUT2D eigenvalue weighted by Crippen LogP contribution is -2.00. The zero-order valence-corrected chi connectivity index (χ0v) is 10.5. The molecule has 0 aromatic rings. The first-order chi connectivity index (χ1) is 5.35. The minimum Gasteiger partial charge on any atom is -0.126 e. The van der Waals surface area contributed by atoms with Crippen LogP contribution in [-0.2, 0) is 0 Å². The second-order valence-corrected chi connectivity index (χ2v) is 4.32. The van der Waals surface area contributed by atoms with E-state index in [4.69, 9.17) is 11.6 Å². The van der Waals surface area contributed by atoms with Gasteiger partial charge in [-0.15, -0.1) is 11.6 Å². The van der Waals surface area contributed by atoms with Gasteiger partial charge in [0.1, 0.15) is 0 Å². The third kappa shape index (κ3) is 7.61. The summed E-state index contributed by atoms with van der Waals surface area (Å²) in [5, 5.41) is 2.17. The van der Waals surface area contributed by atoms with E-state index in [9.17, 15) is 0 Å². The van der Waals surface area contributed by atoms with E-state index in [1.165, 1.54) is 31.6 Å². The first-order valence-electron chi connectivity index (χ1n) is 3.86. The van der Waals surface area contributed by atoms with E-state index in [1.54, 1.807) is 0 Å². The average Bonchev–Trinajstić information content (AvgIpc) is 2.05. The Kier molecular flexibility index (Phi) is 10.4. The maximum Gasteiger partial charge on any atom is 0.0285 e. The van der Waals surface area contributed by atoms with E-state index in [0.29, 0.717) is 0 Å². The molecule has 0 bridgehead atoms. The summed E-state index contributed by atoms with van der Waals surface area (Å²) in [5.74, 6) is 2.23. The van der Waals surface area contributed by atoms with E-state index in [0.717, 1.165) is 16.5 Å². The molecule has 0 aromatic heterocycles. The van der Waals surface area contributed by atoms with Crippen molar-refractivity contribution in [3.05, 3.63) is 5.92 Å². The maximum absolute atomic E-state index is 5.77. The first-order valence-corrected chi connectivity index (χ1v) is 6.64. The van der Waals surface area contributed by atoms with Crippen LogP contribution in [0, 0.1) is 5.92 Å². The van der Waals surface area contributed by atoms with E-state index in [1.807, 2.05) is 0 Å². The lowest BCUT2D eigenvalue weighted by molar-refractivity contribution is 0.712. The fraction of sp³-hybridized carbons (Fsp3) is 0.875. The Bertz CT molecular complexity index is 70.5. The molecule has 0 aliphatic heterocycles. The van der Waals surface area contributed by atoms with Crippen molar-refractivity contribution in [2.45, 2.75) is 25.7 Å². The van der Waals surface area contributed by atoms with Crippen LogP contribution in [0.1, 0.15) is 25.7 Å². The molecule has 0 saturated heterocycles. The Balaban J connectivity index is 3.25. The molecule has 0 saturated carbocycles. The van der Waals surface area contributed by atoms with Crippen molar-refractivity contribution in [3.63, 3.8) is 0 Å². The van der Waals surface area contributed by atoms with Crippen molar-refractivity contribution in [2.24, 2.45) is 0 Å². The number of rotatable bonds is 7. The molecular weight excluding hydrogens is 291 g/mol. The van der Waals surface area contributed by atoms with E-state index >= 15 is 0 Å². The summed E-state index contributed by atoms with van der Waals surface area (Å²) in [7, 11) is 0. The quantitative estimate of drug-likeness (QED) is 0.620. The fourth-order valence-electron chi connectivity index (χ4n) is 0.892. The van der Waals surface area contributed by atoms with Gasteiger partial charge in [0.25, 0.3) is 0 Å². The molecule has 0 aromatic carbocycles. The monoisotopic (exact) mass is 303 g/mol. The largest absolute Gasteiger partial charge is 0.126 e. The van der Waals surface area contributed by atoms with Gasteiger partial charge in [0.2, 0.25) is 0 Å². The predicted molar refractivity (Wildman–Crippen MR) is 60.0 cm³/mol. The average molecular weight is 305 g/mol. The second kappa shape index (κ2) is 9.34.